The fourth-order valence-corrected chi connectivity index (χ4v) is 0.493. The third-order valence-electron chi connectivity index (χ3n) is 0.848. The van der Waals surface area contributed by atoms with Gasteiger partial charge in [-0.25, -0.2) is 4.99 Å². The van der Waals surface area contributed by atoms with E-state index in [2.05, 4.69) is 30.8 Å². The van der Waals surface area contributed by atoms with E-state index in [1.807, 2.05) is 20.1 Å². The highest BCUT2D eigenvalue weighted by Gasteiger charge is 1.77. The lowest BCUT2D eigenvalue weighted by atomic mass is 10.5. The molecule has 0 saturated carbocycles. The van der Waals surface area contributed by atoms with Crippen LogP contribution in [0.3, 0.4) is 0 Å². The van der Waals surface area contributed by atoms with Gasteiger partial charge in [-0.15, -0.1) is 24.0 Å². The van der Waals surface area contributed by atoms with Gasteiger partial charge in [-0.3, -0.25) is 4.99 Å². The lowest BCUT2D eigenvalue weighted by molar-refractivity contribution is 1.09. The quantitative estimate of drug-likeness (QED) is 0.419. The van der Waals surface area contributed by atoms with Gasteiger partial charge in [-0.2, -0.15) is 0 Å². The Kier molecular flexibility index (Phi) is 26.0. The maximum atomic E-state index is 4.08. The van der Waals surface area contributed by atoms with Crippen LogP contribution in [-0.4, -0.2) is 18.6 Å². The summed E-state index contributed by atoms with van der Waals surface area (Å²) in [5, 5.41) is 0. The Balaban J connectivity index is -0.000000220. The van der Waals surface area contributed by atoms with Crippen LogP contribution < -0.4 is 0 Å². The van der Waals surface area contributed by atoms with Crippen LogP contribution in [0.15, 0.2) is 9.98 Å². The Morgan fingerprint density at radius 3 is 1.92 bits per heavy atom. The van der Waals surface area contributed by atoms with Crippen molar-refractivity contribution in [2.75, 3.05) is 6.54 Å². The Morgan fingerprint density at radius 2 is 1.62 bits per heavy atom. The molecule has 0 rings (SSSR count). The number of halogens is 1. The number of nitrogens with zero attached hydrogens (tertiary/aromatic N) is 2. The van der Waals surface area contributed by atoms with E-state index in [4.69, 9.17) is 0 Å². The molecule has 0 aliphatic rings. The summed E-state index contributed by atoms with van der Waals surface area (Å²) in [5.74, 6) is 0.874. The lowest BCUT2D eigenvalue weighted by Crippen LogP contribution is -1.86. The molecule has 0 heterocycles. The first-order valence-corrected chi connectivity index (χ1v) is 4.76. The average Bonchev–Trinajstić information content (AvgIpc) is 2.03. The van der Waals surface area contributed by atoms with Crippen LogP contribution >= 0.6 is 24.0 Å². The van der Waals surface area contributed by atoms with E-state index in [-0.39, 0.29) is 24.0 Å². The second kappa shape index (κ2) is 18.0. The van der Waals surface area contributed by atoms with Crippen LogP contribution in [0.5, 0.6) is 0 Å². The molecule has 0 spiro atoms. The van der Waals surface area contributed by atoms with Crippen molar-refractivity contribution < 1.29 is 0 Å². The minimum Gasteiger partial charge on any atom is -0.271 e. The van der Waals surface area contributed by atoms with E-state index in [9.17, 15) is 0 Å². The molecule has 0 fully saturated rings. The molecule has 0 amide bonds. The molecular formula is C10H23IN2. The molecule has 0 aliphatic carbocycles. The first-order valence-electron chi connectivity index (χ1n) is 4.76. The molecule has 0 unspecified atom stereocenters. The summed E-state index contributed by atoms with van der Waals surface area (Å²) in [4.78, 5) is 8.14. The van der Waals surface area contributed by atoms with Gasteiger partial charge in [0.25, 0.3) is 0 Å². The minimum absolute atomic E-state index is 0. The smallest absolute Gasteiger partial charge is 0.119 e. The van der Waals surface area contributed by atoms with E-state index in [0.717, 1.165) is 18.8 Å². The number of hydrogen-bond acceptors (Lipinski definition) is 1. The van der Waals surface area contributed by atoms with E-state index in [0.29, 0.717) is 0 Å². The maximum absolute atomic E-state index is 4.08. The van der Waals surface area contributed by atoms with Crippen molar-refractivity contribution in [3.63, 3.8) is 0 Å². The number of aliphatic imine (C=N–C) groups is 2. The highest BCUT2D eigenvalue weighted by Crippen LogP contribution is 1.79. The molecule has 0 bridgehead atoms. The van der Waals surface area contributed by atoms with Crippen molar-refractivity contribution >= 4 is 36.0 Å². The summed E-state index contributed by atoms with van der Waals surface area (Å²) in [5.41, 5.74) is 0. The molecule has 0 aromatic carbocycles. The van der Waals surface area contributed by atoms with Crippen molar-refractivity contribution in [1.29, 1.82) is 0 Å². The SMILES string of the molecule is CCC.CCC=NC(C)=NCC.I. The zero-order valence-electron chi connectivity index (χ0n) is 9.50. The molecule has 3 heteroatoms. The van der Waals surface area contributed by atoms with Crippen LogP contribution in [0.1, 0.15) is 47.5 Å². The topological polar surface area (TPSA) is 24.7 Å². The lowest BCUT2D eigenvalue weighted by Gasteiger charge is -1.86. The third kappa shape index (κ3) is 24.5. The zero-order valence-corrected chi connectivity index (χ0v) is 11.8. The molecule has 0 aromatic rings. The molecule has 80 valence electrons. The Bertz CT molecular complexity index is 131. The van der Waals surface area contributed by atoms with Gasteiger partial charge in [0.05, 0.1) is 0 Å². The molecule has 0 aliphatic heterocycles. The Hall–Kier alpha value is 0.0700. The normalized spacial score (nSPS) is 10.4. The average molecular weight is 298 g/mol. The molecule has 13 heavy (non-hydrogen) atoms. The van der Waals surface area contributed by atoms with Crippen molar-refractivity contribution in [3.05, 3.63) is 0 Å². The van der Waals surface area contributed by atoms with Crippen LogP contribution in [0.25, 0.3) is 0 Å². The molecule has 2 nitrogen and oxygen atoms in total. The van der Waals surface area contributed by atoms with E-state index >= 15 is 0 Å². The summed E-state index contributed by atoms with van der Waals surface area (Å²) in [6.07, 6.45) is 4.10. The minimum atomic E-state index is 0. The van der Waals surface area contributed by atoms with Crippen molar-refractivity contribution in [1.82, 2.24) is 0 Å². The number of rotatable bonds is 2. The Labute approximate surface area is 100.0 Å². The monoisotopic (exact) mass is 298 g/mol. The van der Waals surface area contributed by atoms with Gasteiger partial charge in [-0.1, -0.05) is 27.2 Å². The third-order valence-corrected chi connectivity index (χ3v) is 0.848. The van der Waals surface area contributed by atoms with E-state index < -0.39 is 0 Å². The highest BCUT2D eigenvalue weighted by atomic mass is 127. The largest absolute Gasteiger partial charge is 0.271 e. The van der Waals surface area contributed by atoms with Gasteiger partial charge in [0.2, 0.25) is 0 Å². The standard InChI is InChI=1S/C7H14N2.C3H8.HI/c1-4-6-9-7(3)8-5-2;1-3-2;/h6H,4-5H2,1-3H3;3H2,1-2H3;1H. The van der Waals surface area contributed by atoms with Gasteiger partial charge < -0.3 is 0 Å². The highest BCUT2D eigenvalue weighted by molar-refractivity contribution is 14.0. The molecule has 0 radical (unpaired) electrons. The summed E-state index contributed by atoms with van der Waals surface area (Å²) < 4.78 is 0. The van der Waals surface area contributed by atoms with Crippen molar-refractivity contribution in [3.8, 4) is 0 Å². The predicted octanol–water partition coefficient (Wildman–Crippen LogP) is 3.94. The Morgan fingerprint density at radius 1 is 1.15 bits per heavy atom. The van der Waals surface area contributed by atoms with Gasteiger partial charge in [0.1, 0.15) is 5.84 Å². The fraction of sp³-hybridized carbons (Fsp3) is 0.800. The summed E-state index contributed by atoms with van der Waals surface area (Å²) >= 11 is 0. The fourth-order valence-electron chi connectivity index (χ4n) is 0.493. The van der Waals surface area contributed by atoms with E-state index in [1.54, 1.807) is 0 Å². The zero-order chi connectivity index (χ0) is 9.82. The number of hydrogen-bond donors (Lipinski definition) is 0. The number of amidine groups is 1. The van der Waals surface area contributed by atoms with Gasteiger partial charge in [0.15, 0.2) is 0 Å². The predicted molar refractivity (Wildman–Crippen MR) is 73.8 cm³/mol. The maximum Gasteiger partial charge on any atom is 0.119 e. The molecule has 0 saturated heterocycles. The molecule has 0 atom stereocenters. The van der Waals surface area contributed by atoms with Crippen LogP contribution in [0, 0.1) is 0 Å². The summed E-state index contributed by atoms with van der Waals surface area (Å²) in [6, 6.07) is 0. The first kappa shape index (κ1) is 18.8. The van der Waals surface area contributed by atoms with Gasteiger partial charge in [0, 0.05) is 12.8 Å². The molecule has 0 N–H and O–H groups in total. The van der Waals surface area contributed by atoms with Crippen molar-refractivity contribution in [2.24, 2.45) is 9.98 Å². The van der Waals surface area contributed by atoms with Crippen LogP contribution in [-0.2, 0) is 0 Å². The van der Waals surface area contributed by atoms with Gasteiger partial charge in [-0.05, 0) is 20.3 Å². The molecular weight excluding hydrogens is 275 g/mol. The van der Waals surface area contributed by atoms with Crippen molar-refractivity contribution in [2.45, 2.75) is 47.5 Å². The second-order valence-corrected chi connectivity index (χ2v) is 2.45. The van der Waals surface area contributed by atoms with Gasteiger partial charge >= 0.3 is 0 Å². The summed E-state index contributed by atoms with van der Waals surface area (Å²) in [6.45, 7) is 11.1. The summed E-state index contributed by atoms with van der Waals surface area (Å²) in [7, 11) is 0. The second-order valence-electron chi connectivity index (χ2n) is 2.45. The molecule has 0 aromatic heterocycles. The van der Waals surface area contributed by atoms with Crippen LogP contribution in [0.4, 0.5) is 0 Å². The first-order chi connectivity index (χ1) is 5.72. The van der Waals surface area contributed by atoms with Crippen LogP contribution in [0.2, 0.25) is 0 Å². The van der Waals surface area contributed by atoms with E-state index in [1.165, 1.54) is 6.42 Å².